The Balaban J connectivity index is 0.000000142. The van der Waals surface area contributed by atoms with Gasteiger partial charge in [0.1, 0.15) is 34.9 Å². The van der Waals surface area contributed by atoms with Crippen LogP contribution in [0, 0.1) is 0 Å². The van der Waals surface area contributed by atoms with Gasteiger partial charge in [0.05, 0.1) is 60.4 Å². The zero-order valence-electron chi connectivity index (χ0n) is 41.9. The fraction of sp³-hybridized carbons (Fsp3) is 0.426. The predicted molar refractivity (Wildman–Crippen MR) is 271 cm³/mol. The molecule has 0 bridgehead atoms. The Morgan fingerprint density at radius 3 is 1.71 bits per heavy atom. The summed E-state index contributed by atoms with van der Waals surface area (Å²) in [4.78, 5) is 66.4. The second-order valence-corrected chi connectivity index (χ2v) is 21.4. The summed E-state index contributed by atoms with van der Waals surface area (Å²) in [6.07, 6.45) is 18.4. The molecule has 0 aliphatic heterocycles. The predicted octanol–water partition coefficient (Wildman–Crippen LogP) is 7.94. The lowest BCUT2D eigenvalue weighted by Gasteiger charge is -2.21. The molecule has 21 nitrogen and oxygen atoms in total. The normalized spacial score (nSPS) is 12.2. The van der Waals surface area contributed by atoms with E-state index in [1.165, 1.54) is 12.7 Å². The van der Waals surface area contributed by atoms with Crippen molar-refractivity contribution in [3.05, 3.63) is 107 Å². The van der Waals surface area contributed by atoms with Crippen molar-refractivity contribution in [3.63, 3.8) is 0 Å². The van der Waals surface area contributed by atoms with E-state index >= 15 is 0 Å². The highest BCUT2D eigenvalue weighted by Gasteiger charge is 2.21. The molecule has 4 N–H and O–H groups in total. The molecule has 0 fully saturated rings. The van der Waals surface area contributed by atoms with Crippen LogP contribution in [0.1, 0.15) is 104 Å². The molecular formula is C47H62ClN19O2. The summed E-state index contributed by atoms with van der Waals surface area (Å²) < 4.78 is 10.1. The van der Waals surface area contributed by atoms with E-state index < -0.39 is 0 Å². The number of pyridine rings is 1. The average Bonchev–Trinajstić information content (AvgIpc) is 4.09. The van der Waals surface area contributed by atoms with Crippen molar-refractivity contribution in [2.75, 3.05) is 5.73 Å². The number of H-pyrrole nitrogens is 2. The molecule has 69 heavy (non-hydrogen) atoms. The monoisotopic (exact) mass is 960 g/mol. The Bertz CT molecular complexity index is 3280. The van der Waals surface area contributed by atoms with Gasteiger partial charge in [-0.3, -0.25) is 9.59 Å². The van der Waals surface area contributed by atoms with E-state index in [2.05, 4.69) is 173 Å². The molecule has 10 aromatic rings. The minimum absolute atomic E-state index is 0.0164. The lowest BCUT2D eigenvalue weighted by molar-refractivity contribution is 0.405. The van der Waals surface area contributed by atoms with Gasteiger partial charge in [-0.2, -0.15) is 5.10 Å². The Hall–Kier alpha value is -7.42. The molecular weight excluding hydrogens is 898 g/mol. The number of rotatable bonds is 0. The highest BCUT2D eigenvalue weighted by molar-refractivity contribution is 6.33. The molecule has 0 aliphatic rings. The number of fused-ring (bicyclic) bond motifs is 5. The Labute approximate surface area is 403 Å². The number of halogens is 1. The van der Waals surface area contributed by atoms with Crippen LogP contribution in [0.4, 0.5) is 5.82 Å². The number of aromatic amines is 2. The Morgan fingerprint density at radius 1 is 0.522 bits per heavy atom. The SMILES string of the molecule is CC(C)(C)n1ccc2c(=O)[nH]cnc21.CC(C)(C)n1cnc2c(=O)[nH]ncc21.CC(C)(C)n1cnc2c(Cl)ncnc21.CC(C)(C)n1cnc2c(N)nccc21.CC(C)(C)n1cnc2cncnc21. The lowest BCUT2D eigenvalue weighted by atomic mass is 10.1. The number of nitrogens with one attached hydrogen (secondary N) is 2. The summed E-state index contributed by atoms with van der Waals surface area (Å²) in [5.74, 6) is 0.491. The summed E-state index contributed by atoms with van der Waals surface area (Å²) >= 11 is 5.89. The van der Waals surface area contributed by atoms with Crippen molar-refractivity contribution in [3.8, 4) is 0 Å². The van der Waals surface area contributed by atoms with Crippen LogP contribution in [0.5, 0.6) is 0 Å². The number of nitrogens with zero attached hydrogens (tertiary/aromatic N) is 16. The van der Waals surface area contributed by atoms with Crippen molar-refractivity contribution in [1.29, 1.82) is 0 Å². The van der Waals surface area contributed by atoms with Crippen LogP contribution in [-0.4, -0.2) is 87.9 Å². The largest absolute Gasteiger partial charge is 0.382 e. The second kappa shape index (κ2) is 19.3. The van der Waals surface area contributed by atoms with E-state index in [0.717, 1.165) is 39.0 Å². The average molecular weight is 961 g/mol. The summed E-state index contributed by atoms with van der Waals surface area (Å²) in [6.45, 7) is 31.4. The first-order valence-electron chi connectivity index (χ1n) is 22.1. The first kappa shape index (κ1) is 51.0. The maximum atomic E-state index is 11.4. The summed E-state index contributed by atoms with van der Waals surface area (Å²) in [5.41, 5.74) is 12.2. The summed E-state index contributed by atoms with van der Waals surface area (Å²) in [6, 6.07) is 3.73. The third-order valence-electron chi connectivity index (χ3n) is 10.5. The highest BCUT2D eigenvalue weighted by Crippen LogP contribution is 2.26. The molecule has 10 rings (SSSR count). The van der Waals surface area contributed by atoms with Gasteiger partial charge in [-0.25, -0.2) is 54.9 Å². The van der Waals surface area contributed by atoms with Crippen LogP contribution in [0.15, 0.2) is 90.8 Å². The van der Waals surface area contributed by atoms with Gasteiger partial charge in [0.25, 0.3) is 11.1 Å². The van der Waals surface area contributed by atoms with Gasteiger partial charge in [-0.15, -0.1) is 0 Å². The van der Waals surface area contributed by atoms with Gasteiger partial charge in [-0.05, 0) is 116 Å². The lowest BCUT2D eigenvalue weighted by Crippen LogP contribution is -2.21. The molecule has 10 heterocycles. The van der Waals surface area contributed by atoms with Crippen LogP contribution in [0.3, 0.4) is 0 Å². The number of hydrogen-bond acceptors (Lipinski definition) is 14. The number of aromatic nitrogens is 18. The van der Waals surface area contributed by atoms with Crippen molar-refractivity contribution < 1.29 is 0 Å². The second-order valence-electron chi connectivity index (χ2n) is 21.0. The molecule has 0 unspecified atom stereocenters. The molecule has 364 valence electrons. The zero-order chi connectivity index (χ0) is 50.9. The quantitative estimate of drug-likeness (QED) is 0.122. The number of nitrogen functional groups attached to an aromatic ring is 1. The number of nitrogens with two attached hydrogens (primary N) is 1. The van der Waals surface area contributed by atoms with Crippen LogP contribution >= 0.6 is 11.6 Å². The van der Waals surface area contributed by atoms with Gasteiger partial charge in [-0.1, -0.05) is 11.6 Å². The van der Waals surface area contributed by atoms with E-state index in [9.17, 15) is 9.59 Å². The first-order chi connectivity index (χ1) is 32.1. The van der Waals surface area contributed by atoms with Crippen LogP contribution in [0.2, 0.25) is 5.15 Å². The van der Waals surface area contributed by atoms with Gasteiger partial charge < -0.3 is 33.6 Å². The fourth-order valence-corrected chi connectivity index (χ4v) is 7.13. The molecule has 0 saturated heterocycles. The maximum Gasteiger partial charge on any atom is 0.292 e. The molecule has 0 radical (unpaired) electrons. The van der Waals surface area contributed by atoms with Gasteiger partial charge in [0.2, 0.25) is 0 Å². The molecule has 0 saturated carbocycles. The van der Waals surface area contributed by atoms with Crippen LogP contribution in [0.25, 0.3) is 55.4 Å². The standard InChI is InChI=1S/C10H14N4.C10H13N3O.C9H11ClN4.C9H12N4O.C9H12N4/c1-10(2,3)14-6-13-8-7(14)4-5-12-9(8)11;1-10(2,3)13-5-4-7-8(13)11-6-12-9(7)14;1-9(2,3)14-5-13-6-7(10)11-4-12-8(6)14;1-9(2,3)13-5-10-7-6(13)4-11-12-8(7)14;1-9(2,3)13-6-12-7-4-10-5-11-8(7)13/h4-6H,1-3H3,(H2,11,12);4-6H,1-3H3,(H,11,12,14);4-5H,1-3H3;4-5H,1-3H3,(H,12,14);4-6H,1-3H3. The van der Waals surface area contributed by atoms with E-state index in [1.54, 1.807) is 50.0 Å². The van der Waals surface area contributed by atoms with Crippen molar-refractivity contribution in [2.24, 2.45) is 0 Å². The Kier molecular flexibility index (Phi) is 14.3. The number of anilines is 1. The number of imidazole rings is 4. The van der Waals surface area contributed by atoms with E-state index in [1.807, 2.05) is 36.9 Å². The van der Waals surface area contributed by atoms with E-state index in [4.69, 9.17) is 17.3 Å². The smallest absolute Gasteiger partial charge is 0.292 e. The topological polar surface area (TPSA) is 258 Å². The molecule has 0 amide bonds. The summed E-state index contributed by atoms with van der Waals surface area (Å²) in [5, 5.41) is 7.16. The van der Waals surface area contributed by atoms with E-state index in [-0.39, 0.29) is 38.8 Å². The third-order valence-corrected chi connectivity index (χ3v) is 10.7. The van der Waals surface area contributed by atoms with Crippen molar-refractivity contribution in [1.82, 2.24) is 87.9 Å². The van der Waals surface area contributed by atoms with Crippen LogP contribution in [-0.2, 0) is 27.7 Å². The van der Waals surface area contributed by atoms with Crippen LogP contribution < -0.4 is 16.9 Å². The van der Waals surface area contributed by atoms with E-state index in [0.29, 0.717) is 27.4 Å². The molecule has 0 spiro atoms. The Morgan fingerprint density at radius 2 is 1.07 bits per heavy atom. The molecule has 0 aliphatic carbocycles. The first-order valence-corrected chi connectivity index (χ1v) is 22.5. The zero-order valence-corrected chi connectivity index (χ0v) is 42.7. The van der Waals surface area contributed by atoms with Crippen molar-refractivity contribution in [2.45, 2.75) is 132 Å². The maximum absolute atomic E-state index is 11.4. The molecule has 10 aromatic heterocycles. The molecule has 0 aromatic carbocycles. The fourth-order valence-electron chi connectivity index (χ4n) is 6.95. The minimum atomic E-state index is -0.245. The third kappa shape index (κ3) is 11.5. The highest BCUT2D eigenvalue weighted by atomic mass is 35.5. The molecule has 0 atom stereocenters. The molecule has 22 heteroatoms. The van der Waals surface area contributed by atoms with Gasteiger partial charge in [0, 0.05) is 40.1 Å². The van der Waals surface area contributed by atoms with Gasteiger partial charge in [0.15, 0.2) is 27.8 Å². The van der Waals surface area contributed by atoms with Crippen molar-refractivity contribution >= 4 is 72.8 Å². The minimum Gasteiger partial charge on any atom is -0.382 e. The summed E-state index contributed by atoms with van der Waals surface area (Å²) in [7, 11) is 0. The van der Waals surface area contributed by atoms with Gasteiger partial charge >= 0.3 is 0 Å². The number of hydrogen-bond donors (Lipinski definition) is 3.